The van der Waals surface area contributed by atoms with Gasteiger partial charge in [0.2, 0.25) is 0 Å². The van der Waals surface area contributed by atoms with Gasteiger partial charge in [-0.05, 0) is 19.1 Å². The third-order valence-corrected chi connectivity index (χ3v) is 2.31. The number of carbonyl (C=O) groups excluding carboxylic acids is 1. The van der Waals surface area contributed by atoms with E-state index in [0.29, 0.717) is 0 Å². The molecule has 0 spiro atoms. The van der Waals surface area contributed by atoms with E-state index in [-0.39, 0.29) is 17.1 Å². The lowest BCUT2D eigenvalue weighted by Gasteiger charge is -2.15. The Bertz CT molecular complexity index is 499. The monoisotopic (exact) mass is 290 g/mol. The zero-order valence-corrected chi connectivity index (χ0v) is 10.5. The Kier molecular flexibility index (Phi) is 4.89. The molecule has 0 bridgehead atoms. The van der Waals surface area contributed by atoms with Crippen molar-refractivity contribution in [3.63, 3.8) is 0 Å². The molecule has 6 nitrogen and oxygen atoms in total. The average molecular weight is 290 g/mol. The van der Waals surface area contributed by atoms with Crippen LogP contribution in [0.5, 0.6) is 0 Å². The summed E-state index contributed by atoms with van der Waals surface area (Å²) in [5.41, 5.74) is 5.53. The third-order valence-electron chi connectivity index (χ3n) is 2.31. The highest BCUT2D eigenvalue weighted by molar-refractivity contribution is 5.98. The highest BCUT2D eigenvalue weighted by Crippen LogP contribution is 2.21. The maximum Gasteiger partial charge on any atom is 0.391 e. The SMILES string of the molecule is CC(CC(F)(F)F)NC(=O)c1ccc(/C(N)=N/O)cn1. The summed E-state index contributed by atoms with van der Waals surface area (Å²) < 4.78 is 36.4. The molecule has 110 valence electrons. The number of pyridine rings is 1. The minimum atomic E-state index is -4.35. The van der Waals surface area contributed by atoms with Crippen LogP contribution in [-0.2, 0) is 0 Å². The molecule has 9 heteroatoms. The molecule has 0 radical (unpaired) electrons. The van der Waals surface area contributed by atoms with E-state index < -0.39 is 24.5 Å². The second-order valence-electron chi connectivity index (χ2n) is 4.11. The molecule has 0 aliphatic carbocycles. The number of nitrogens with zero attached hydrogens (tertiary/aromatic N) is 2. The van der Waals surface area contributed by atoms with Crippen LogP contribution in [0.4, 0.5) is 13.2 Å². The minimum Gasteiger partial charge on any atom is -0.409 e. The summed E-state index contributed by atoms with van der Waals surface area (Å²) in [4.78, 5) is 15.4. The first-order chi connectivity index (χ1) is 9.23. The Balaban J connectivity index is 2.69. The summed E-state index contributed by atoms with van der Waals surface area (Å²) in [6.45, 7) is 1.25. The van der Waals surface area contributed by atoms with Gasteiger partial charge in [-0.25, -0.2) is 0 Å². The highest BCUT2D eigenvalue weighted by Gasteiger charge is 2.30. The molecule has 1 aromatic heterocycles. The Morgan fingerprint density at radius 1 is 1.55 bits per heavy atom. The number of amidine groups is 1. The second-order valence-corrected chi connectivity index (χ2v) is 4.11. The van der Waals surface area contributed by atoms with Gasteiger partial charge in [-0.1, -0.05) is 5.16 Å². The van der Waals surface area contributed by atoms with Crippen LogP contribution >= 0.6 is 0 Å². The molecule has 1 atom stereocenters. The van der Waals surface area contributed by atoms with Gasteiger partial charge in [0.15, 0.2) is 5.84 Å². The zero-order chi connectivity index (χ0) is 15.3. The van der Waals surface area contributed by atoms with Gasteiger partial charge in [-0.2, -0.15) is 13.2 Å². The first-order valence-electron chi connectivity index (χ1n) is 5.54. The van der Waals surface area contributed by atoms with Crippen LogP contribution in [0.15, 0.2) is 23.5 Å². The summed E-state index contributed by atoms with van der Waals surface area (Å²) in [6.07, 6.45) is -4.30. The molecule has 1 unspecified atom stereocenters. The van der Waals surface area contributed by atoms with Crippen LogP contribution in [0, 0.1) is 0 Å². The first kappa shape index (κ1) is 15.7. The molecule has 0 aliphatic heterocycles. The number of hydrogen-bond acceptors (Lipinski definition) is 4. The summed E-state index contributed by atoms with van der Waals surface area (Å²) in [5, 5.41) is 13.4. The number of oxime groups is 1. The van der Waals surface area contributed by atoms with E-state index in [1.54, 1.807) is 0 Å². The van der Waals surface area contributed by atoms with Gasteiger partial charge < -0.3 is 16.3 Å². The first-order valence-corrected chi connectivity index (χ1v) is 5.54. The second kappa shape index (κ2) is 6.22. The summed E-state index contributed by atoms with van der Waals surface area (Å²) in [6, 6.07) is 1.57. The predicted octanol–water partition coefficient (Wildman–Crippen LogP) is 1.25. The number of nitrogens with one attached hydrogen (secondary N) is 1. The molecule has 0 saturated carbocycles. The van der Waals surface area contributed by atoms with Gasteiger partial charge in [-0.3, -0.25) is 9.78 Å². The molecule has 0 aromatic carbocycles. The van der Waals surface area contributed by atoms with Crippen molar-refractivity contribution in [1.29, 1.82) is 0 Å². The molecule has 1 heterocycles. The molecule has 0 fully saturated rings. The van der Waals surface area contributed by atoms with E-state index in [2.05, 4.69) is 15.5 Å². The standard InChI is InChI=1S/C11H13F3N4O2/c1-6(4-11(12,13)14)17-10(19)8-3-2-7(5-16-8)9(15)18-20/h2-3,5-6,20H,4H2,1H3,(H2,15,18)(H,17,19). The Morgan fingerprint density at radius 2 is 2.20 bits per heavy atom. The van der Waals surface area contributed by atoms with Crippen LogP contribution in [-0.4, -0.2) is 34.2 Å². The van der Waals surface area contributed by atoms with Gasteiger partial charge in [0.05, 0.1) is 6.42 Å². The van der Waals surface area contributed by atoms with E-state index in [1.165, 1.54) is 25.3 Å². The number of rotatable bonds is 4. The fourth-order valence-electron chi connectivity index (χ4n) is 1.43. The number of halogens is 3. The fourth-order valence-corrected chi connectivity index (χ4v) is 1.43. The fraction of sp³-hybridized carbons (Fsp3) is 0.364. The molecular formula is C11H13F3N4O2. The zero-order valence-electron chi connectivity index (χ0n) is 10.5. The number of amides is 1. The van der Waals surface area contributed by atoms with Gasteiger partial charge in [0.1, 0.15) is 5.69 Å². The van der Waals surface area contributed by atoms with Crippen molar-refractivity contribution >= 4 is 11.7 Å². The predicted molar refractivity (Wildman–Crippen MR) is 64.3 cm³/mol. The van der Waals surface area contributed by atoms with Crippen LogP contribution in [0.25, 0.3) is 0 Å². The minimum absolute atomic E-state index is 0.0616. The summed E-state index contributed by atoms with van der Waals surface area (Å²) in [5.74, 6) is -0.914. The molecule has 0 saturated heterocycles. The molecule has 1 amide bonds. The highest BCUT2D eigenvalue weighted by atomic mass is 19.4. The molecule has 0 aliphatic rings. The lowest BCUT2D eigenvalue weighted by molar-refractivity contribution is -0.138. The number of aromatic nitrogens is 1. The normalized spacial score (nSPS) is 13.9. The molecule has 20 heavy (non-hydrogen) atoms. The molecule has 1 aromatic rings. The van der Waals surface area contributed by atoms with E-state index >= 15 is 0 Å². The molecule has 4 N–H and O–H groups in total. The van der Waals surface area contributed by atoms with E-state index in [1.807, 2.05) is 0 Å². The lowest BCUT2D eigenvalue weighted by atomic mass is 10.2. The van der Waals surface area contributed by atoms with E-state index in [0.717, 1.165) is 0 Å². The lowest BCUT2D eigenvalue weighted by Crippen LogP contribution is -2.36. The van der Waals surface area contributed by atoms with Gasteiger partial charge >= 0.3 is 6.18 Å². The van der Waals surface area contributed by atoms with Crippen molar-refractivity contribution in [3.05, 3.63) is 29.6 Å². The smallest absolute Gasteiger partial charge is 0.391 e. The Hall–Kier alpha value is -2.32. The van der Waals surface area contributed by atoms with Crippen molar-refractivity contribution in [2.45, 2.75) is 25.6 Å². The number of nitrogens with two attached hydrogens (primary N) is 1. The van der Waals surface area contributed by atoms with Gasteiger partial charge in [-0.15, -0.1) is 0 Å². The molecular weight excluding hydrogens is 277 g/mol. The Labute approximate surface area is 112 Å². The Morgan fingerprint density at radius 3 is 2.65 bits per heavy atom. The van der Waals surface area contributed by atoms with Crippen molar-refractivity contribution in [2.75, 3.05) is 0 Å². The quantitative estimate of drug-likeness (QED) is 0.336. The van der Waals surface area contributed by atoms with Gasteiger partial charge in [0.25, 0.3) is 5.91 Å². The largest absolute Gasteiger partial charge is 0.409 e. The van der Waals surface area contributed by atoms with Gasteiger partial charge in [0, 0.05) is 17.8 Å². The average Bonchev–Trinajstić information content (AvgIpc) is 2.35. The molecule has 1 rings (SSSR count). The summed E-state index contributed by atoms with van der Waals surface area (Å²) >= 11 is 0. The van der Waals surface area contributed by atoms with E-state index in [4.69, 9.17) is 10.9 Å². The topological polar surface area (TPSA) is 101 Å². The van der Waals surface area contributed by atoms with Crippen molar-refractivity contribution in [2.24, 2.45) is 10.9 Å². The van der Waals surface area contributed by atoms with Crippen LogP contribution in [0.3, 0.4) is 0 Å². The number of carbonyl (C=O) groups is 1. The van der Waals surface area contributed by atoms with E-state index in [9.17, 15) is 18.0 Å². The number of hydrogen-bond donors (Lipinski definition) is 3. The third kappa shape index (κ3) is 4.75. The van der Waals surface area contributed by atoms with Crippen molar-refractivity contribution < 1.29 is 23.2 Å². The van der Waals surface area contributed by atoms with Crippen molar-refractivity contribution in [1.82, 2.24) is 10.3 Å². The van der Waals surface area contributed by atoms with Crippen LogP contribution in [0.2, 0.25) is 0 Å². The maximum absolute atomic E-state index is 12.1. The van der Waals surface area contributed by atoms with Crippen molar-refractivity contribution in [3.8, 4) is 0 Å². The van der Waals surface area contributed by atoms with Crippen LogP contribution < -0.4 is 11.1 Å². The summed E-state index contributed by atoms with van der Waals surface area (Å²) in [7, 11) is 0. The maximum atomic E-state index is 12.1. The number of alkyl halides is 3. The van der Waals surface area contributed by atoms with Crippen LogP contribution in [0.1, 0.15) is 29.4 Å².